The summed E-state index contributed by atoms with van der Waals surface area (Å²) in [6, 6.07) is 7.20. The van der Waals surface area contributed by atoms with E-state index in [1.807, 2.05) is 13.8 Å². The smallest absolute Gasteiger partial charge is 0.449 e. The number of hydrogen-bond acceptors (Lipinski definition) is 3. The SMILES string of the molecule is CC(C)c1nc2c(Cl)cc(Cl)cc2c(-c2ccc(F)c(Cl)c2)c1OC(=O)O. The maximum atomic E-state index is 13.7. The molecule has 0 aliphatic heterocycles. The molecule has 140 valence electrons. The van der Waals surface area contributed by atoms with Crippen LogP contribution in [0.5, 0.6) is 5.75 Å². The second kappa shape index (κ2) is 7.50. The molecule has 8 heteroatoms. The molecule has 0 aliphatic carbocycles. The van der Waals surface area contributed by atoms with Gasteiger partial charge in [0.1, 0.15) is 5.82 Å². The molecule has 0 bridgehead atoms. The molecular formula is C19H13Cl3FNO3. The van der Waals surface area contributed by atoms with E-state index in [9.17, 15) is 14.3 Å². The topological polar surface area (TPSA) is 59.4 Å². The van der Waals surface area contributed by atoms with Crippen molar-refractivity contribution in [2.24, 2.45) is 0 Å². The van der Waals surface area contributed by atoms with Crippen molar-refractivity contribution in [2.45, 2.75) is 19.8 Å². The Morgan fingerprint density at radius 1 is 1.15 bits per heavy atom. The van der Waals surface area contributed by atoms with E-state index in [4.69, 9.17) is 39.5 Å². The summed E-state index contributed by atoms with van der Waals surface area (Å²) >= 11 is 18.4. The second-order valence-corrected chi connectivity index (χ2v) is 7.39. The zero-order chi connectivity index (χ0) is 19.9. The molecule has 1 aromatic heterocycles. The van der Waals surface area contributed by atoms with Gasteiger partial charge in [-0.25, -0.2) is 14.2 Å². The molecule has 1 heterocycles. The number of hydrogen-bond donors (Lipinski definition) is 1. The van der Waals surface area contributed by atoms with Gasteiger partial charge in [0.25, 0.3) is 0 Å². The van der Waals surface area contributed by atoms with E-state index in [0.29, 0.717) is 37.8 Å². The van der Waals surface area contributed by atoms with Crippen LogP contribution in [0.2, 0.25) is 15.1 Å². The first-order valence-corrected chi connectivity index (χ1v) is 9.01. The predicted octanol–water partition coefficient (Wildman–Crippen LogP) is 7.18. The molecule has 4 nitrogen and oxygen atoms in total. The summed E-state index contributed by atoms with van der Waals surface area (Å²) < 4.78 is 18.7. The molecule has 27 heavy (non-hydrogen) atoms. The van der Waals surface area contributed by atoms with E-state index >= 15 is 0 Å². The number of benzene rings is 2. The minimum Gasteiger partial charge on any atom is -0.449 e. The maximum absolute atomic E-state index is 13.7. The van der Waals surface area contributed by atoms with Crippen LogP contribution in [0.3, 0.4) is 0 Å². The summed E-state index contributed by atoms with van der Waals surface area (Å²) in [4.78, 5) is 15.8. The number of aromatic nitrogens is 1. The summed E-state index contributed by atoms with van der Waals surface area (Å²) in [6.45, 7) is 3.68. The lowest BCUT2D eigenvalue weighted by Gasteiger charge is -2.19. The van der Waals surface area contributed by atoms with Gasteiger partial charge in [0.2, 0.25) is 0 Å². The summed E-state index contributed by atoms with van der Waals surface area (Å²) in [5.41, 5.74) is 1.64. The quantitative estimate of drug-likeness (QED) is 0.449. The van der Waals surface area contributed by atoms with Crippen LogP contribution in [0.25, 0.3) is 22.0 Å². The Balaban J connectivity index is 2.52. The number of nitrogens with zero attached hydrogens (tertiary/aromatic N) is 1. The van der Waals surface area contributed by atoms with Gasteiger partial charge >= 0.3 is 6.16 Å². The van der Waals surface area contributed by atoms with E-state index in [0.717, 1.165) is 0 Å². The third-order valence-corrected chi connectivity index (χ3v) is 4.73. The number of ether oxygens (including phenoxy) is 1. The highest BCUT2D eigenvalue weighted by atomic mass is 35.5. The fraction of sp³-hybridized carbons (Fsp3) is 0.158. The Morgan fingerprint density at radius 2 is 1.85 bits per heavy atom. The van der Waals surface area contributed by atoms with Gasteiger partial charge in [0, 0.05) is 16.0 Å². The summed E-state index contributed by atoms with van der Waals surface area (Å²) in [5.74, 6) is -0.740. The van der Waals surface area contributed by atoms with Crippen LogP contribution in [0.1, 0.15) is 25.5 Å². The Hall–Kier alpha value is -2.08. The van der Waals surface area contributed by atoms with Gasteiger partial charge in [0.05, 0.1) is 21.3 Å². The second-order valence-electron chi connectivity index (χ2n) is 6.14. The number of carboxylic acid groups (broad SMARTS) is 1. The highest BCUT2D eigenvalue weighted by Gasteiger charge is 2.24. The molecule has 0 radical (unpaired) electrons. The van der Waals surface area contributed by atoms with Gasteiger partial charge in [-0.15, -0.1) is 0 Å². The molecule has 2 aromatic carbocycles. The number of pyridine rings is 1. The van der Waals surface area contributed by atoms with Gasteiger partial charge in [-0.1, -0.05) is 54.7 Å². The molecule has 0 aliphatic rings. The van der Waals surface area contributed by atoms with Crippen LogP contribution in [0.15, 0.2) is 30.3 Å². The summed E-state index contributed by atoms with van der Waals surface area (Å²) in [6.07, 6.45) is -1.50. The summed E-state index contributed by atoms with van der Waals surface area (Å²) in [7, 11) is 0. The predicted molar refractivity (Wildman–Crippen MR) is 105 cm³/mol. The van der Waals surface area contributed by atoms with Crippen molar-refractivity contribution >= 4 is 51.9 Å². The molecule has 3 aromatic rings. The van der Waals surface area contributed by atoms with Crippen molar-refractivity contribution in [3.63, 3.8) is 0 Å². The third kappa shape index (κ3) is 3.81. The molecule has 0 unspecified atom stereocenters. The zero-order valence-corrected chi connectivity index (χ0v) is 16.5. The van der Waals surface area contributed by atoms with Gasteiger partial charge < -0.3 is 9.84 Å². The third-order valence-electron chi connectivity index (χ3n) is 3.93. The van der Waals surface area contributed by atoms with Gasteiger partial charge in [-0.3, -0.25) is 0 Å². The largest absolute Gasteiger partial charge is 0.511 e. The van der Waals surface area contributed by atoms with Crippen molar-refractivity contribution in [3.05, 3.63) is 56.9 Å². The first kappa shape index (κ1) is 19.7. The maximum Gasteiger partial charge on any atom is 0.511 e. The van der Waals surface area contributed by atoms with Crippen LogP contribution < -0.4 is 4.74 Å². The number of halogens is 4. The average molecular weight is 429 g/mol. The highest BCUT2D eigenvalue weighted by Crippen LogP contribution is 2.44. The molecule has 0 fully saturated rings. The molecular weight excluding hydrogens is 416 g/mol. The van der Waals surface area contributed by atoms with Crippen LogP contribution in [0.4, 0.5) is 9.18 Å². The standard InChI is InChI=1S/C19H13Cl3FNO3/c1-8(2)16-18(27-19(25)26)15(9-3-4-14(23)12(21)5-9)11-6-10(20)7-13(22)17(11)24-16/h3-8H,1-2H3,(H,25,26). The molecule has 0 saturated heterocycles. The van der Waals surface area contributed by atoms with Gasteiger partial charge in [-0.2, -0.15) is 0 Å². The van der Waals surface area contributed by atoms with Crippen LogP contribution in [0, 0.1) is 5.82 Å². The lowest BCUT2D eigenvalue weighted by molar-refractivity contribution is 0.144. The first-order chi connectivity index (χ1) is 12.7. The molecule has 0 atom stereocenters. The van der Waals surface area contributed by atoms with Crippen molar-refractivity contribution < 1.29 is 19.0 Å². The summed E-state index contributed by atoms with van der Waals surface area (Å²) in [5, 5.41) is 10.2. The molecule has 1 N–H and O–H groups in total. The first-order valence-electron chi connectivity index (χ1n) is 7.88. The number of rotatable bonds is 3. The van der Waals surface area contributed by atoms with Crippen LogP contribution in [-0.4, -0.2) is 16.2 Å². The Kier molecular flexibility index (Phi) is 5.47. The molecule has 0 saturated carbocycles. The number of carbonyl (C=O) groups is 1. The van der Waals surface area contributed by atoms with E-state index in [2.05, 4.69) is 4.98 Å². The minimum atomic E-state index is -1.50. The van der Waals surface area contributed by atoms with Crippen molar-refractivity contribution in [1.82, 2.24) is 4.98 Å². The van der Waals surface area contributed by atoms with Crippen molar-refractivity contribution in [3.8, 4) is 16.9 Å². The van der Waals surface area contributed by atoms with E-state index < -0.39 is 12.0 Å². The van der Waals surface area contributed by atoms with Gasteiger partial charge in [-0.05, 0) is 35.7 Å². The van der Waals surface area contributed by atoms with E-state index in [1.54, 1.807) is 12.1 Å². The highest BCUT2D eigenvalue weighted by molar-refractivity contribution is 6.39. The molecule has 0 amide bonds. The zero-order valence-electron chi connectivity index (χ0n) is 14.2. The lowest BCUT2D eigenvalue weighted by atomic mass is 9.95. The molecule has 0 spiro atoms. The molecule has 3 rings (SSSR count). The van der Waals surface area contributed by atoms with Gasteiger partial charge in [0.15, 0.2) is 5.75 Å². The van der Waals surface area contributed by atoms with Crippen molar-refractivity contribution in [2.75, 3.05) is 0 Å². The van der Waals surface area contributed by atoms with Crippen LogP contribution in [-0.2, 0) is 0 Å². The Morgan fingerprint density at radius 3 is 2.44 bits per heavy atom. The van der Waals surface area contributed by atoms with Crippen molar-refractivity contribution in [1.29, 1.82) is 0 Å². The lowest BCUT2D eigenvalue weighted by Crippen LogP contribution is -2.09. The minimum absolute atomic E-state index is 0.0333. The van der Waals surface area contributed by atoms with E-state index in [-0.39, 0.29) is 16.7 Å². The van der Waals surface area contributed by atoms with Crippen LogP contribution >= 0.6 is 34.8 Å². The normalized spacial score (nSPS) is 11.2. The number of fused-ring (bicyclic) bond motifs is 1. The Labute approximate surface area is 169 Å². The fourth-order valence-corrected chi connectivity index (χ4v) is 3.53. The average Bonchev–Trinajstić information content (AvgIpc) is 2.56. The van der Waals surface area contributed by atoms with E-state index in [1.165, 1.54) is 18.2 Å². The Bertz CT molecular complexity index is 1070. The monoisotopic (exact) mass is 427 g/mol. The fourth-order valence-electron chi connectivity index (χ4n) is 2.81.